The Balaban J connectivity index is 2.66. The highest BCUT2D eigenvalue weighted by Crippen LogP contribution is 2.42. The van der Waals surface area contributed by atoms with Crippen molar-refractivity contribution in [3.63, 3.8) is 0 Å². The first-order chi connectivity index (χ1) is 6.50. The maximum absolute atomic E-state index is 11.2. The van der Waals surface area contributed by atoms with Crippen molar-refractivity contribution in [2.45, 2.75) is 52.9 Å². The van der Waals surface area contributed by atoms with Crippen molar-refractivity contribution < 1.29 is 9.90 Å². The molecule has 0 aromatic heterocycles. The molecule has 1 aliphatic carbocycles. The highest BCUT2D eigenvalue weighted by Gasteiger charge is 2.40. The third kappa shape index (κ3) is 2.10. The lowest BCUT2D eigenvalue weighted by molar-refractivity contribution is -0.152. The molecule has 2 nitrogen and oxygen atoms in total. The minimum atomic E-state index is -0.612. The molecule has 0 bridgehead atoms. The SMILES string of the molecule is CCC(C)(C(=O)O)C1CCC(C)CC1. The quantitative estimate of drug-likeness (QED) is 0.755. The molecular formula is C12H22O2. The average molecular weight is 198 g/mol. The van der Waals surface area contributed by atoms with Crippen molar-refractivity contribution in [1.82, 2.24) is 0 Å². The second kappa shape index (κ2) is 4.33. The van der Waals surface area contributed by atoms with Crippen molar-refractivity contribution in [2.24, 2.45) is 17.3 Å². The van der Waals surface area contributed by atoms with E-state index in [1.165, 1.54) is 12.8 Å². The lowest BCUT2D eigenvalue weighted by Crippen LogP contribution is -2.37. The standard InChI is InChI=1S/C12H22O2/c1-4-12(3,11(13)14)10-7-5-9(2)6-8-10/h9-10H,4-8H2,1-3H3,(H,13,14). The third-order valence-electron chi connectivity index (χ3n) is 4.14. The lowest BCUT2D eigenvalue weighted by Gasteiger charge is -2.37. The third-order valence-corrected chi connectivity index (χ3v) is 4.14. The van der Waals surface area contributed by atoms with Gasteiger partial charge in [-0.15, -0.1) is 0 Å². The van der Waals surface area contributed by atoms with Crippen LogP contribution in [0.4, 0.5) is 0 Å². The van der Waals surface area contributed by atoms with Crippen LogP contribution >= 0.6 is 0 Å². The Morgan fingerprint density at radius 3 is 2.21 bits per heavy atom. The number of hydrogen-bond acceptors (Lipinski definition) is 1. The minimum Gasteiger partial charge on any atom is -0.481 e. The summed E-state index contributed by atoms with van der Waals surface area (Å²) in [6.45, 7) is 6.17. The smallest absolute Gasteiger partial charge is 0.309 e. The summed E-state index contributed by atoms with van der Waals surface area (Å²) in [6, 6.07) is 0. The first-order valence-corrected chi connectivity index (χ1v) is 5.74. The van der Waals surface area contributed by atoms with E-state index in [-0.39, 0.29) is 0 Å². The van der Waals surface area contributed by atoms with Crippen LogP contribution in [0.2, 0.25) is 0 Å². The van der Waals surface area contributed by atoms with Crippen LogP contribution in [0.25, 0.3) is 0 Å². The second-order valence-corrected chi connectivity index (χ2v) is 5.03. The summed E-state index contributed by atoms with van der Waals surface area (Å²) in [4.78, 5) is 11.2. The summed E-state index contributed by atoms with van der Waals surface area (Å²) in [6.07, 6.45) is 5.35. The van der Waals surface area contributed by atoms with Crippen LogP contribution in [-0.4, -0.2) is 11.1 Å². The molecule has 1 aliphatic rings. The zero-order valence-corrected chi connectivity index (χ0v) is 9.55. The maximum Gasteiger partial charge on any atom is 0.309 e. The molecule has 0 amide bonds. The summed E-state index contributed by atoms with van der Waals surface area (Å²) >= 11 is 0. The predicted octanol–water partition coefficient (Wildman–Crippen LogP) is 3.31. The Bertz CT molecular complexity index is 204. The van der Waals surface area contributed by atoms with E-state index >= 15 is 0 Å². The van der Waals surface area contributed by atoms with Crippen LogP contribution < -0.4 is 0 Å². The van der Waals surface area contributed by atoms with Crippen molar-refractivity contribution in [3.8, 4) is 0 Å². The van der Waals surface area contributed by atoms with E-state index < -0.39 is 11.4 Å². The fourth-order valence-corrected chi connectivity index (χ4v) is 2.51. The van der Waals surface area contributed by atoms with Gasteiger partial charge >= 0.3 is 5.97 Å². The zero-order valence-electron chi connectivity index (χ0n) is 9.55. The van der Waals surface area contributed by atoms with E-state index in [0.29, 0.717) is 5.92 Å². The number of carbonyl (C=O) groups is 1. The number of carboxylic acid groups (broad SMARTS) is 1. The Morgan fingerprint density at radius 1 is 1.36 bits per heavy atom. The number of hydrogen-bond donors (Lipinski definition) is 1. The Labute approximate surface area is 86.7 Å². The van der Waals surface area contributed by atoms with Gasteiger partial charge < -0.3 is 5.11 Å². The van der Waals surface area contributed by atoms with Crippen LogP contribution in [0, 0.1) is 17.3 Å². The predicted molar refractivity (Wildman–Crippen MR) is 57.2 cm³/mol. The summed E-state index contributed by atoms with van der Waals surface area (Å²) in [5.74, 6) is 0.571. The first-order valence-electron chi connectivity index (χ1n) is 5.74. The molecule has 0 radical (unpaired) electrons. The molecule has 0 spiro atoms. The fourth-order valence-electron chi connectivity index (χ4n) is 2.51. The molecule has 0 heterocycles. The van der Waals surface area contributed by atoms with E-state index in [1.807, 2.05) is 13.8 Å². The van der Waals surface area contributed by atoms with Gasteiger partial charge in [0.25, 0.3) is 0 Å². The Kier molecular flexibility index (Phi) is 3.57. The molecule has 1 saturated carbocycles. The van der Waals surface area contributed by atoms with E-state index in [1.54, 1.807) is 0 Å². The zero-order chi connectivity index (χ0) is 10.8. The van der Waals surface area contributed by atoms with Gasteiger partial charge in [0.2, 0.25) is 0 Å². The first kappa shape index (κ1) is 11.5. The highest BCUT2D eigenvalue weighted by atomic mass is 16.4. The van der Waals surface area contributed by atoms with Gasteiger partial charge in [0, 0.05) is 0 Å². The molecule has 2 heteroatoms. The summed E-state index contributed by atoms with van der Waals surface area (Å²) in [5.41, 5.74) is -0.486. The topological polar surface area (TPSA) is 37.3 Å². The highest BCUT2D eigenvalue weighted by molar-refractivity contribution is 5.74. The molecule has 0 aromatic rings. The summed E-state index contributed by atoms with van der Waals surface area (Å²) < 4.78 is 0. The van der Waals surface area contributed by atoms with Crippen LogP contribution in [-0.2, 0) is 4.79 Å². The van der Waals surface area contributed by atoms with Gasteiger partial charge in [0.1, 0.15) is 0 Å². The van der Waals surface area contributed by atoms with Gasteiger partial charge in [-0.3, -0.25) is 4.79 Å². The molecule has 1 atom stereocenters. The molecule has 0 aromatic carbocycles. The average Bonchev–Trinajstić information content (AvgIpc) is 2.17. The Hall–Kier alpha value is -0.530. The molecular weight excluding hydrogens is 176 g/mol. The van der Waals surface area contributed by atoms with Gasteiger partial charge in [-0.2, -0.15) is 0 Å². The van der Waals surface area contributed by atoms with Gasteiger partial charge in [0.05, 0.1) is 5.41 Å². The van der Waals surface area contributed by atoms with Gasteiger partial charge in [-0.25, -0.2) is 0 Å². The van der Waals surface area contributed by atoms with Gasteiger partial charge in [0.15, 0.2) is 0 Å². The maximum atomic E-state index is 11.2. The summed E-state index contributed by atoms with van der Waals surface area (Å²) in [5, 5.41) is 9.25. The lowest BCUT2D eigenvalue weighted by atomic mass is 9.67. The monoisotopic (exact) mass is 198 g/mol. The number of aliphatic carboxylic acids is 1. The molecule has 1 fully saturated rings. The van der Waals surface area contributed by atoms with Crippen LogP contribution in [0.3, 0.4) is 0 Å². The molecule has 0 aliphatic heterocycles. The molecule has 1 N–H and O–H groups in total. The van der Waals surface area contributed by atoms with Gasteiger partial charge in [-0.1, -0.05) is 26.7 Å². The van der Waals surface area contributed by atoms with Crippen LogP contribution in [0.15, 0.2) is 0 Å². The van der Waals surface area contributed by atoms with Gasteiger partial charge in [-0.05, 0) is 38.0 Å². The fraction of sp³-hybridized carbons (Fsp3) is 0.917. The summed E-state index contributed by atoms with van der Waals surface area (Å²) in [7, 11) is 0. The molecule has 14 heavy (non-hydrogen) atoms. The van der Waals surface area contributed by atoms with Crippen molar-refractivity contribution in [3.05, 3.63) is 0 Å². The van der Waals surface area contributed by atoms with Crippen molar-refractivity contribution in [1.29, 1.82) is 0 Å². The van der Waals surface area contributed by atoms with Crippen molar-refractivity contribution >= 4 is 5.97 Å². The molecule has 1 unspecified atom stereocenters. The second-order valence-electron chi connectivity index (χ2n) is 5.03. The molecule has 82 valence electrons. The number of rotatable bonds is 3. The number of carboxylic acids is 1. The van der Waals surface area contributed by atoms with E-state index in [2.05, 4.69) is 6.92 Å². The van der Waals surface area contributed by atoms with E-state index in [0.717, 1.165) is 25.2 Å². The van der Waals surface area contributed by atoms with Crippen LogP contribution in [0.1, 0.15) is 52.9 Å². The van der Waals surface area contributed by atoms with Crippen LogP contribution in [0.5, 0.6) is 0 Å². The molecule has 1 rings (SSSR count). The van der Waals surface area contributed by atoms with E-state index in [4.69, 9.17) is 0 Å². The largest absolute Gasteiger partial charge is 0.481 e. The molecule has 0 saturated heterocycles. The van der Waals surface area contributed by atoms with E-state index in [9.17, 15) is 9.90 Å². The minimum absolute atomic E-state index is 0.390. The van der Waals surface area contributed by atoms with Crippen molar-refractivity contribution in [2.75, 3.05) is 0 Å². The normalized spacial score (nSPS) is 32.2. The Morgan fingerprint density at radius 2 is 1.86 bits per heavy atom.